The summed E-state index contributed by atoms with van der Waals surface area (Å²) in [5.41, 5.74) is 3.09. The van der Waals surface area contributed by atoms with Crippen molar-refractivity contribution in [2.75, 3.05) is 13.1 Å². The third kappa shape index (κ3) is 7.28. The van der Waals surface area contributed by atoms with E-state index < -0.39 is 0 Å². The first-order chi connectivity index (χ1) is 13.9. The molecule has 1 unspecified atom stereocenters. The van der Waals surface area contributed by atoms with E-state index in [1.807, 2.05) is 0 Å². The monoisotopic (exact) mass is 375 g/mol. The zero-order chi connectivity index (χ0) is 19.4. The van der Waals surface area contributed by atoms with Crippen LogP contribution in [0, 0.1) is 11.8 Å². The average molecular weight is 376 g/mol. The van der Waals surface area contributed by atoms with Gasteiger partial charge in [-0.2, -0.15) is 0 Å². The highest BCUT2D eigenvalue weighted by Gasteiger charge is 2.29. The van der Waals surface area contributed by atoms with E-state index >= 15 is 0 Å². The second kappa shape index (κ2) is 11.9. The first-order valence-corrected chi connectivity index (χ1v) is 11.3. The summed E-state index contributed by atoms with van der Waals surface area (Å²) < 4.78 is 0. The Bertz CT molecular complexity index is 690. The van der Waals surface area contributed by atoms with Gasteiger partial charge in [-0.05, 0) is 74.5 Å². The summed E-state index contributed by atoms with van der Waals surface area (Å²) in [6.07, 6.45) is 26.9. The molecule has 0 saturated heterocycles. The SMILES string of the molecule is CC/C=C\CC/C=C/C=C\C=C\C(CCN1CCc2ccccc2C1)C1CC1. The van der Waals surface area contributed by atoms with Gasteiger partial charge in [0.15, 0.2) is 0 Å². The minimum absolute atomic E-state index is 0.755. The van der Waals surface area contributed by atoms with Crippen LogP contribution in [0.4, 0.5) is 0 Å². The number of fused-ring (bicyclic) bond motifs is 1. The quantitative estimate of drug-likeness (QED) is 0.231. The Morgan fingerprint density at radius 1 is 0.964 bits per heavy atom. The van der Waals surface area contributed by atoms with Crippen LogP contribution in [0.1, 0.15) is 56.6 Å². The summed E-state index contributed by atoms with van der Waals surface area (Å²) in [6, 6.07) is 8.96. The fourth-order valence-electron chi connectivity index (χ4n) is 4.08. The van der Waals surface area contributed by atoms with Gasteiger partial charge in [0.25, 0.3) is 0 Å². The Morgan fingerprint density at radius 2 is 1.75 bits per heavy atom. The molecule has 0 bridgehead atoms. The second-order valence-corrected chi connectivity index (χ2v) is 8.24. The van der Waals surface area contributed by atoms with Crippen molar-refractivity contribution in [1.29, 1.82) is 0 Å². The van der Waals surface area contributed by atoms with Crippen molar-refractivity contribution < 1.29 is 0 Å². The Balaban J connectivity index is 1.38. The van der Waals surface area contributed by atoms with Gasteiger partial charge in [0.2, 0.25) is 0 Å². The van der Waals surface area contributed by atoms with E-state index in [0.717, 1.165) is 37.6 Å². The second-order valence-electron chi connectivity index (χ2n) is 8.24. The maximum Gasteiger partial charge on any atom is 0.0236 e. The summed E-state index contributed by atoms with van der Waals surface area (Å²) in [4.78, 5) is 2.65. The van der Waals surface area contributed by atoms with Crippen LogP contribution in [-0.4, -0.2) is 18.0 Å². The van der Waals surface area contributed by atoms with E-state index in [9.17, 15) is 0 Å². The summed E-state index contributed by atoms with van der Waals surface area (Å²) in [6.45, 7) is 5.77. The zero-order valence-electron chi connectivity index (χ0n) is 17.6. The van der Waals surface area contributed by atoms with Crippen molar-refractivity contribution in [3.8, 4) is 0 Å². The molecule has 0 aromatic heterocycles. The highest BCUT2D eigenvalue weighted by atomic mass is 15.1. The van der Waals surface area contributed by atoms with Gasteiger partial charge in [-0.1, -0.05) is 79.8 Å². The summed E-state index contributed by atoms with van der Waals surface area (Å²) in [5, 5.41) is 0. The molecule has 1 atom stereocenters. The van der Waals surface area contributed by atoms with E-state index in [1.54, 1.807) is 5.56 Å². The van der Waals surface area contributed by atoms with E-state index in [2.05, 4.69) is 84.7 Å². The molecule has 0 radical (unpaired) electrons. The minimum Gasteiger partial charge on any atom is -0.299 e. The molecule has 2 aliphatic rings. The summed E-state index contributed by atoms with van der Waals surface area (Å²) >= 11 is 0. The topological polar surface area (TPSA) is 3.24 Å². The van der Waals surface area contributed by atoms with Crippen LogP contribution in [0.2, 0.25) is 0 Å². The van der Waals surface area contributed by atoms with E-state index in [1.165, 1.54) is 44.3 Å². The van der Waals surface area contributed by atoms with Gasteiger partial charge >= 0.3 is 0 Å². The maximum atomic E-state index is 2.65. The van der Waals surface area contributed by atoms with E-state index in [-0.39, 0.29) is 0 Å². The van der Waals surface area contributed by atoms with Crippen molar-refractivity contribution in [3.05, 3.63) is 84.0 Å². The summed E-state index contributed by atoms with van der Waals surface area (Å²) in [5.74, 6) is 1.69. The standard InChI is InChI=1S/C27H37N/c1-2-3-4-5-6-7-8-9-10-11-14-24(26-17-18-26)19-21-28-22-20-25-15-12-13-16-27(25)23-28/h3-4,7-16,24,26H,2,5-6,17-23H2,1H3/b4-3-,8-7+,10-9-,14-11+. The fraction of sp³-hybridized carbons (Fsp3) is 0.481. The molecule has 1 aliphatic heterocycles. The predicted octanol–water partition coefficient (Wildman–Crippen LogP) is 6.88. The van der Waals surface area contributed by atoms with Gasteiger partial charge in [-0.3, -0.25) is 4.90 Å². The predicted molar refractivity (Wildman–Crippen MR) is 122 cm³/mol. The lowest BCUT2D eigenvalue weighted by Crippen LogP contribution is -2.32. The molecule has 1 heteroatoms. The Kier molecular flexibility index (Phi) is 8.84. The smallest absolute Gasteiger partial charge is 0.0236 e. The first kappa shape index (κ1) is 20.9. The van der Waals surface area contributed by atoms with Crippen LogP contribution in [0.25, 0.3) is 0 Å². The average Bonchev–Trinajstić information content (AvgIpc) is 3.56. The van der Waals surface area contributed by atoms with E-state index in [4.69, 9.17) is 0 Å². The molecule has 1 heterocycles. The molecule has 1 aliphatic carbocycles. The summed E-state index contributed by atoms with van der Waals surface area (Å²) in [7, 11) is 0. The van der Waals surface area contributed by atoms with Crippen LogP contribution >= 0.6 is 0 Å². The maximum absolute atomic E-state index is 2.65. The third-order valence-electron chi connectivity index (χ3n) is 5.95. The lowest BCUT2D eigenvalue weighted by Gasteiger charge is -2.29. The first-order valence-electron chi connectivity index (χ1n) is 11.3. The van der Waals surface area contributed by atoms with Gasteiger partial charge in [0.05, 0.1) is 0 Å². The van der Waals surface area contributed by atoms with Gasteiger partial charge in [-0.15, -0.1) is 0 Å². The van der Waals surface area contributed by atoms with Crippen LogP contribution in [0.3, 0.4) is 0 Å². The normalized spacial score (nSPS) is 19.3. The number of unbranched alkanes of at least 4 members (excludes halogenated alkanes) is 1. The molecule has 0 N–H and O–H groups in total. The van der Waals surface area contributed by atoms with Gasteiger partial charge in [-0.25, -0.2) is 0 Å². The minimum atomic E-state index is 0.755. The van der Waals surface area contributed by atoms with Crippen molar-refractivity contribution in [2.45, 2.75) is 58.4 Å². The molecular weight excluding hydrogens is 338 g/mol. The van der Waals surface area contributed by atoms with Gasteiger partial charge < -0.3 is 0 Å². The van der Waals surface area contributed by atoms with E-state index in [0.29, 0.717) is 0 Å². The number of hydrogen-bond donors (Lipinski definition) is 0. The van der Waals surface area contributed by atoms with Crippen LogP contribution < -0.4 is 0 Å². The number of hydrogen-bond acceptors (Lipinski definition) is 1. The van der Waals surface area contributed by atoms with Crippen molar-refractivity contribution >= 4 is 0 Å². The number of allylic oxidation sites excluding steroid dienone is 8. The molecule has 1 nitrogen and oxygen atoms in total. The lowest BCUT2D eigenvalue weighted by atomic mass is 9.96. The largest absolute Gasteiger partial charge is 0.299 e. The molecule has 0 spiro atoms. The molecule has 1 saturated carbocycles. The van der Waals surface area contributed by atoms with Gasteiger partial charge in [0, 0.05) is 13.1 Å². The zero-order valence-corrected chi connectivity index (χ0v) is 17.6. The molecule has 0 amide bonds. The van der Waals surface area contributed by atoms with Crippen molar-refractivity contribution in [1.82, 2.24) is 4.90 Å². The van der Waals surface area contributed by atoms with Crippen LogP contribution in [0.15, 0.2) is 72.9 Å². The molecule has 28 heavy (non-hydrogen) atoms. The highest BCUT2D eigenvalue weighted by Crippen LogP contribution is 2.39. The lowest BCUT2D eigenvalue weighted by molar-refractivity contribution is 0.237. The molecule has 1 aromatic carbocycles. The molecule has 1 aromatic rings. The Morgan fingerprint density at radius 3 is 2.57 bits per heavy atom. The van der Waals surface area contributed by atoms with Crippen LogP contribution in [-0.2, 0) is 13.0 Å². The molecule has 1 fully saturated rings. The number of nitrogens with zero attached hydrogens (tertiary/aromatic N) is 1. The Hall–Kier alpha value is -1.86. The molecule has 150 valence electrons. The molecule has 3 rings (SSSR count). The highest BCUT2D eigenvalue weighted by molar-refractivity contribution is 5.29. The van der Waals surface area contributed by atoms with Crippen LogP contribution in [0.5, 0.6) is 0 Å². The van der Waals surface area contributed by atoms with Crippen molar-refractivity contribution in [2.24, 2.45) is 11.8 Å². The number of rotatable bonds is 11. The fourth-order valence-corrected chi connectivity index (χ4v) is 4.08. The third-order valence-corrected chi connectivity index (χ3v) is 5.95. The Labute approximate surface area is 172 Å². The van der Waals surface area contributed by atoms with Gasteiger partial charge in [0.1, 0.15) is 0 Å². The number of benzene rings is 1. The van der Waals surface area contributed by atoms with Crippen molar-refractivity contribution in [3.63, 3.8) is 0 Å². The molecular formula is C27H37N.